The summed E-state index contributed by atoms with van der Waals surface area (Å²) in [5, 5.41) is 8.92. The van der Waals surface area contributed by atoms with Crippen LogP contribution in [0, 0.1) is 0 Å². The Balaban J connectivity index is 0.00000128. The minimum absolute atomic E-state index is 0. The molecule has 8 heteroatoms. The number of anilines is 1. The monoisotopic (exact) mass is 298 g/mol. The van der Waals surface area contributed by atoms with Gasteiger partial charge in [-0.1, -0.05) is 0 Å². The second kappa shape index (κ2) is 8.52. The van der Waals surface area contributed by atoms with Crippen LogP contribution in [-0.2, 0) is 4.79 Å². The molecule has 0 saturated carbocycles. The lowest BCUT2D eigenvalue weighted by Crippen LogP contribution is -2.48. The fourth-order valence-electron chi connectivity index (χ4n) is 1.49. The van der Waals surface area contributed by atoms with Crippen LogP contribution in [0.4, 0.5) is 5.13 Å². The normalized spacial score (nSPS) is 14.5. The third-order valence-corrected chi connectivity index (χ3v) is 3.02. The second-order valence-electron chi connectivity index (χ2n) is 3.32. The number of halogens is 2. The third-order valence-electron chi connectivity index (χ3n) is 2.29. The highest BCUT2D eigenvalue weighted by atomic mass is 35.5. The summed E-state index contributed by atoms with van der Waals surface area (Å²) in [6.07, 6.45) is 1.72. The van der Waals surface area contributed by atoms with Crippen molar-refractivity contribution in [2.45, 2.75) is 0 Å². The molecule has 0 radical (unpaired) electrons. The molecule has 1 aromatic rings. The Morgan fingerprint density at radius 1 is 1.47 bits per heavy atom. The van der Waals surface area contributed by atoms with Gasteiger partial charge < -0.3 is 15.5 Å². The number of aromatic nitrogens is 1. The van der Waals surface area contributed by atoms with Crippen LogP contribution in [0.15, 0.2) is 11.6 Å². The molecule has 0 aromatic carbocycles. The van der Waals surface area contributed by atoms with Crippen molar-refractivity contribution in [2.75, 3.05) is 38.0 Å². The Bertz CT molecular complexity index is 317. The van der Waals surface area contributed by atoms with Crippen LogP contribution in [0.5, 0.6) is 0 Å². The molecule has 1 aliphatic heterocycles. The van der Waals surface area contributed by atoms with Gasteiger partial charge in [0.25, 0.3) is 0 Å². The molecule has 2 N–H and O–H groups in total. The van der Waals surface area contributed by atoms with E-state index < -0.39 is 0 Å². The summed E-state index contributed by atoms with van der Waals surface area (Å²) in [6, 6.07) is 0. The van der Waals surface area contributed by atoms with E-state index in [1.165, 1.54) is 11.3 Å². The Morgan fingerprint density at radius 2 is 2.18 bits per heavy atom. The first-order chi connectivity index (χ1) is 7.36. The van der Waals surface area contributed by atoms with Gasteiger partial charge in [0.1, 0.15) is 0 Å². The van der Waals surface area contributed by atoms with E-state index in [0.29, 0.717) is 6.54 Å². The van der Waals surface area contributed by atoms with Gasteiger partial charge in [-0.15, -0.1) is 36.2 Å². The predicted molar refractivity (Wildman–Crippen MR) is 74.5 cm³/mol. The van der Waals surface area contributed by atoms with E-state index >= 15 is 0 Å². The van der Waals surface area contributed by atoms with Crippen LogP contribution in [0.25, 0.3) is 0 Å². The molecule has 17 heavy (non-hydrogen) atoms. The van der Waals surface area contributed by atoms with E-state index in [2.05, 4.69) is 15.6 Å². The van der Waals surface area contributed by atoms with Gasteiger partial charge in [0.2, 0.25) is 5.91 Å². The van der Waals surface area contributed by atoms with Crippen molar-refractivity contribution in [3.8, 4) is 0 Å². The molecular weight excluding hydrogens is 283 g/mol. The van der Waals surface area contributed by atoms with E-state index in [1.54, 1.807) is 6.20 Å². The summed E-state index contributed by atoms with van der Waals surface area (Å²) in [4.78, 5) is 17.6. The molecule has 0 spiro atoms. The number of carbonyl (C=O) groups excluding carboxylic acids is 1. The molecular formula is C9H16Cl2N4OS. The van der Waals surface area contributed by atoms with Crippen molar-refractivity contribution in [2.24, 2.45) is 0 Å². The zero-order valence-corrected chi connectivity index (χ0v) is 11.7. The van der Waals surface area contributed by atoms with Gasteiger partial charge >= 0.3 is 0 Å². The predicted octanol–water partition coefficient (Wildman–Crippen LogP) is 0.830. The smallest absolute Gasteiger partial charge is 0.242 e. The molecule has 0 bridgehead atoms. The number of amides is 1. The maximum Gasteiger partial charge on any atom is 0.242 e. The molecule has 2 heterocycles. The largest absolute Gasteiger partial charge is 0.352 e. The van der Waals surface area contributed by atoms with Gasteiger partial charge in [0.05, 0.1) is 6.54 Å². The van der Waals surface area contributed by atoms with Crippen molar-refractivity contribution in [3.05, 3.63) is 11.6 Å². The highest BCUT2D eigenvalue weighted by molar-refractivity contribution is 7.13. The Kier molecular flexibility index (Phi) is 8.24. The standard InChI is InChI=1S/C9H14N4OS.2ClH/c14-8(13-4-1-10-2-5-13)7-12-9-11-3-6-15-9;;/h3,6,10H,1-2,4-5,7H2,(H,11,12);2*1H. The molecule has 0 aliphatic carbocycles. The number of piperazine rings is 1. The first-order valence-electron chi connectivity index (χ1n) is 4.98. The number of hydrogen-bond donors (Lipinski definition) is 2. The molecule has 1 fully saturated rings. The second-order valence-corrected chi connectivity index (χ2v) is 4.22. The van der Waals surface area contributed by atoms with E-state index in [-0.39, 0.29) is 30.7 Å². The van der Waals surface area contributed by atoms with Crippen molar-refractivity contribution in [1.82, 2.24) is 15.2 Å². The lowest BCUT2D eigenvalue weighted by Gasteiger charge is -2.27. The molecule has 1 aromatic heterocycles. The Morgan fingerprint density at radius 3 is 2.76 bits per heavy atom. The van der Waals surface area contributed by atoms with Crippen molar-refractivity contribution >= 4 is 47.2 Å². The average Bonchev–Trinajstić information content (AvgIpc) is 2.80. The molecule has 2 rings (SSSR count). The van der Waals surface area contributed by atoms with Crippen LogP contribution >= 0.6 is 36.2 Å². The van der Waals surface area contributed by atoms with Gasteiger partial charge in [-0.2, -0.15) is 0 Å². The van der Waals surface area contributed by atoms with Crippen molar-refractivity contribution in [1.29, 1.82) is 0 Å². The first kappa shape index (κ1) is 16.4. The highest BCUT2D eigenvalue weighted by Crippen LogP contribution is 2.09. The summed E-state index contributed by atoms with van der Waals surface area (Å²) in [6.45, 7) is 3.73. The van der Waals surface area contributed by atoms with Crippen LogP contribution in [0.1, 0.15) is 0 Å². The lowest BCUT2D eigenvalue weighted by molar-refractivity contribution is -0.129. The minimum Gasteiger partial charge on any atom is -0.352 e. The lowest BCUT2D eigenvalue weighted by atomic mass is 10.3. The highest BCUT2D eigenvalue weighted by Gasteiger charge is 2.15. The number of thiazole rings is 1. The maximum atomic E-state index is 11.7. The van der Waals surface area contributed by atoms with Gasteiger partial charge in [-0.05, 0) is 0 Å². The van der Waals surface area contributed by atoms with Gasteiger partial charge in [-0.25, -0.2) is 4.98 Å². The van der Waals surface area contributed by atoms with Crippen LogP contribution in [0.2, 0.25) is 0 Å². The van der Waals surface area contributed by atoms with Crippen molar-refractivity contribution in [3.63, 3.8) is 0 Å². The fourth-order valence-corrected chi connectivity index (χ4v) is 2.02. The molecule has 5 nitrogen and oxygen atoms in total. The summed E-state index contributed by atoms with van der Waals surface area (Å²) < 4.78 is 0. The van der Waals surface area contributed by atoms with Gasteiger partial charge in [0, 0.05) is 37.8 Å². The molecule has 98 valence electrons. The maximum absolute atomic E-state index is 11.7. The van der Waals surface area contributed by atoms with E-state index in [9.17, 15) is 4.79 Å². The number of nitrogens with one attached hydrogen (secondary N) is 2. The number of hydrogen-bond acceptors (Lipinski definition) is 5. The van der Waals surface area contributed by atoms with Crippen LogP contribution < -0.4 is 10.6 Å². The van der Waals surface area contributed by atoms with E-state index in [4.69, 9.17) is 0 Å². The van der Waals surface area contributed by atoms with Gasteiger partial charge in [0.15, 0.2) is 5.13 Å². The molecule has 1 saturated heterocycles. The molecule has 1 aliphatic rings. The number of rotatable bonds is 3. The minimum atomic E-state index is 0. The fraction of sp³-hybridized carbons (Fsp3) is 0.556. The summed E-state index contributed by atoms with van der Waals surface area (Å²) >= 11 is 1.51. The SMILES string of the molecule is Cl.Cl.O=C(CNc1nccs1)N1CCNCC1. The Hall–Kier alpha value is -0.560. The summed E-state index contributed by atoms with van der Waals surface area (Å²) in [5.41, 5.74) is 0. The number of nitrogens with zero attached hydrogens (tertiary/aromatic N) is 2. The summed E-state index contributed by atoms with van der Waals surface area (Å²) in [7, 11) is 0. The Labute approximate surface area is 117 Å². The average molecular weight is 299 g/mol. The molecule has 0 atom stereocenters. The van der Waals surface area contributed by atoms with Crippen LogP contribution in [-0.4, -0.2) is 48.5 Å². The first-order valence-corrected chi connectivity index (χ1v) is 5.86. The van der Waals surface area contributed by atoms with E-state index in [1.807, 2.05) is 10.3 Å². The quantitative estimate of drug-likeness (QED) is 0.868. The zero-order valence-electron chi connectivity index (χ0n) is 9.22. The number of carbonyl (C=O) groups is 1. The third kappa shape index (κ3) is 5.08. The van der Waals surface area contributed by atoms with Crippen molar-refractivity contribution < 1.29 is 4.79 Å². The molecule has 0 unspecified atom stereocenters. The molecule has 1 amide bonds. The summed E-state index contributed by atoms with van der Waals surface area (Å²) in [5.74, 6) is 0.145. The van der Waals surface area contributed by atoms with Gasteiger partial charge in [-0.3, -0.25) is 4.79 Å². The topological polar surface area (TPSA) is 57.3 Å². The van der Waals surface area contributed by atoms with Crippen LogP contribution in [0.3, 0.4) is 0 Å². The van der Waals surface area contributed by atoms with E-state index in [0.717, 1.165) is 31.3 Å². The zero-order chi connectivity index (χ0) is 10.5.